The number of carbonyl (C=O) groups excluding carboxylic acids is 1. The maximum atomic E-state index is 12.8. The Morgan fingerprint density at radius 1 is 1.00 bits per heavy atom. The Morgan fingerprint density at radius 2 is 1.47 bits per heavy atom. The van der Waals surface area contributed by atoms with Gasteiger partial charge in [-0.3, -0.25) is 4.79 Å². The Balaban J connectivity index is 2.34. The Labute approximate surface area is 115 Å². The van der Waals surface area contributed by atoms with E-state index in [0.29, 0.717) is 0 Å². The molecule has 19 heavy (non-hydrogen) atoms. The van der Waals surface area contributed by atoms with Crippen LogP contribution in [0.25, 0.3) is 0 Å². The van der Waals surface area contributed by atoms with Crippen LogP contribution in [-0.2, 0) is 0 Å². The first-order valence-electron chi connectivity index (χ1n) is 7.21. The van der Waals surface area contributed by atoms with E-state index in [-0.39, 0.29) is 17.8 Å². The number of benzene rings is 1. The molecule has 1 aromatic rings. The molecule has 1 saturated carbocycles. The SMILES string of the molecule is Cc1cc(C)c(C)c(C(=O)C2CCC(O)CC2)c1C. The van der Waals surface area contributed by atoms with Crippen molar-refractivity contribution in [1.29, 1.82) is 0 Å². The summed E-state index contributed by atoms with van der Waals surface area (Å²) in [5.41, 5.74) is 5.57. The predicted molar refractivity (Wildman–Crippen MR) is 77.7 cm³/mol. The maximum Gasteiger partial charge on any atom is 0.166 e. The van der Waals surface area contributed by atoms with Crippen LogP contribution in [0.4, 0.5) is 0 Å². The number of aliphatic hydroxyl groups is 1. The fourth-order valence-corrected chi connectivity index (χ4v) is 3.13. The first kappa shape index (κ1) is 14.3. The van der Waals surface area contributed by atoms with Gasteiger partial charge in [0.2, 0.25) is 0 Å². The van der Waals surface area contributed by atoms with E-state index in [2.05, 4.69) is 19.9 Å². The van der Waals surface area contributed by atoms with Gasteiger partial charge in [-0.05, 0) is 75.6 Å². The largest absolute Gasteiger partial charge is 0.393 e. The Kier molecular flexibility index (Phi) is 4.10. The number of carbonyl (C=O) groups is 1. The zero-order chi connectivity index (χ0) is 14.2. The molecule has 2 nitrogen and oxygen atoms in total. The lowest BCUT2D eigenvalue weighted by Gasteiger charge is -2.26. The third-order valence-corrected chi connectivity index (χ3v) is 4.68. The molecule has 1 aliphatic carbocycles. The molecule has 0 amide bonds. The van der Waals surface area contributed by atoms with E-state index in [1.165, 1.54) is 11.1 Å². The molecule has 0 heterocycles. The van der Waals surface area contributed by atoms with Crippen molar-refractivity contribution in [3.05, 3.63) is 33.9 Å². The topological polar surface area (TPSA) is 37.3 Å². The smallest absolute Gasteiger partial charge is 0.166 e. The molecule has 2 heteroatoms. The number of Topliss-reactive ketones (excluding diaryl/α,β-unsaturated/α-hetero) is 1. The monoisotopic (exact) mass is 260 g/mol. The van der Waals surface area contributed by atoms with Gasteiger partial charge in [-0.2, -0.15) is 0 Å². The summed E-state index contributed by atoms with van der Waals surface area (Å²) in [5, 5.41) is 9.57. The second kappa shape index (κ2) is 5.46. The molecule has 1 fully saturated rings. The van der Waals surface area contributed by atoms with E-state index in [0.717, 1.165) is 42.4 Å². The highest BCUT2D eigenvalue weighted by molar-refractivity contribution is 6.01. The molecule has 1 N–H and O–H groups in total. The van der Waals surface area contributed by atoms with Gasteiger partial charge in [0.05, 0.1) is 6.10 Å². The van der Waals surface area contributed by atoms with Gasteiger partial charge >= 0.3 is 0 Å². The number of hydrogen-bond acceptors (Lipinski definition) is 2. The standard InChI is InChI=1S/C17H24O2/c1-10-9-11(2)13(4)16(12(10)3)17(19)14-5-7-15(18)8-6-14/h9,14-15,18H,5-8H2,1-4H3. The third-order valence-electron chi connectivity index (χ3n) is 4.68. The fraction of sp³-hybridized carbons (Fsp3) is 0.588. The summed E-state index contributed by atoms with van der Waals surface area (Å²) in [4.78, 5) is 12.8. The zero-order valence-electron chi connectivity index (χ0n) is 12.4. The maximum absolute atomic E-state index is 12.8. The molecule has 0 unspecified atom stereocenters. The van der Waals surface area contributed by atoms with E-state index >= 15 is 0 Å². The second-order valence-corrected chi connectivity index (χ2v) is 6.01. The highest BCUT2D eigenvalue weighted by Gasteiger charge is 2.28. The van der Waals surface area contributed by atoms with Crippen molar-refractivity contribution in [3.8, 4) is 0 Å². The van der Waals surface area contributed by atoms with Gasteiger partial charge in [-0.15, -0.1) is 0 Å². The molecule has 1 aromatic carbocycles. The zero-order valence-corrected chi connectivity index (χ0v) is 12.4. The van der Waals surface area contributed by atoms with Crippen molar-refractivity contribution < 1.29 is 9.90 Å². The first-order valence-corrected chi connectivity index (χ1v) is 7.21. The number of hydrogen-bond donors (Lipinski definition) is 1. The van der Waals surface area contributed by atoms with Crippen LogP contribution >= 0.6 is 0 Å². The first-order chi connectivity index (χ1) is 8.91. The van der Waals surface area contributed by atoms with Crippen LogP contribution in [-0.4, -0.2) is 17.0 Å². The highest BCUT2D eigenvalue weighted by atomic mass is 16.3. The molecule has 0 spiro atoms. The van der Waals surface area contributed by atoms with Crippen LogP contribution in [0, 0.1) is 33.6 Å². The van der Waals surface area contributed by atoms with Crippen molar-refractivity contribution in [3.63, 3.8) is 0 Å². The quantitative estimate of drug-likeness (QED) is 0.824. The van der Waals surface area contributed by atoms with Crippen molar-refractivity contribution >= 4 is 5.78 Å². The number of aliphatic hydroxyl groups excluding tert-OH is 1. The lowest BCUT2D eigenvalue weighted by Crippen LogP contribution is -2.25. The lowest BCUT2D eigenvalue weighted by atomic mass is 9.79. The molecule has 1 aliphatic rings. The number of rotatable bonds is 2. The molecule has 0 bridgehead atoms. The molecule has 104 valence electrons. The molecule has 0 aliphatic heterocycles. The van der Waals surface area contributed by atoms with Gasteiger partial charge in [0, 0.05) is 11.5 Å². The van der Waals surface area contributed by atoms with E-state index in [1.807, 2.05) is 13.8 Å². The summed E-state index contributed by atoms with van der Waals surface area (Å²) >= 11 is 0. The average Bonchev–Trinajstić information content (AvgIpc) is 2.37. The molecular formula is C17H24O2. The molecule has 0 radical (unpaired) electrons. The van der Waals surface area contributed by atoms with Crippen LogP contribution in [0.5, 0.6) is 0 Å². The molecule has 0 atom stereocenters. The summed E-state index contributed by atoms with van der Waals surface area (Å²) in [6, 6.07) is 2.16. The van der Waals surface area contributed by atoms with Crippen molar-refractivity contribution in [2.75, 3.05) is 0 Å². The lowest BCUT2D eigenvalue weighted by molar-refractivity contribution is 0.0763. The number of aryl methyl sites for hydroxylation is 2. The Hall–Kier alpha value is -1.15. The minimum absolute atomic E-state index is 0.0991. The Bertz CT molecular complexity index is 468. The van der Waals surface area contributed by atoms with Gasteiger partial charge in [0.25, 0.3) is 0 Å². The third kappa shape index (κ3) is 2.74. The van der Waals surface area contributed by atoms with Gasteiger partial charge < -0.3 is 5.11 Å². The number of ketones is 1. The predicted octanol–water partition coefficient (Wildman–Crippen LogP) is 3.65. The van der Waals surface area contributed by atoms with Crippen molar-refractivity contribution in [2.24, 2.45) is 5.92 Å². The van der Waals surface area contributed by atoms with E-state index in [4.69, 9.17) is 0 Å². The summed E-state index contributed by atoms with van der Waals surface area (Å²) in [5.74, 6) is 0.385. The van der Waals surface area contributed by atoms with Crippen molar-refractivity contribution in [1.82, 2.24) is 0 Å². The van der Waals surface area contributed by atoms with Gasteiger partial charge in [0.15, 0.2) is 5.78 Å². The summed E-state index contributed by atoms with van der Waals surface area (Å²) in [6.07, 6.45) is 2.97. The van der Waals surface area contributed by atoms with E-state index in [9.17, 15) is 9.90 Å². The van der Waals surface area contributed by atoms with Crippen LogP contribution < -0.4 is 0 Å². The normalized spacial score (nSPS) is 23.4. The van der Waals surface area contributed by atoms with Crippen LogP contribution in [0.2, 0.25) is 0 Å². The molecular weight excluding hydrogens is 236 g/mol. The average molecular weight is 260 g/mol. The molecule has 2 rings (SSSR count). The minimum atomic E-state index is -0.203. The van der Waals surface area contributed by atoms with Crippen molar-refractivity contribution in [2.45, 2.75) is 59.5 Å². The van der Waals surface area contributed by atoms with Crippen LogP contribution in [0.3, 0.4) is 0 Å². The highest BCUT2D eigenvalue weighted by Crippen LogP contribution is 2.31. The second-order valence-electron chi connectivity index (χ2n) is 6.01. The summed E-state index contributed by atoms with van der Waals surface area (Å²) < 4.78 is 0. The molecule has 0 aromatic heterocycles. The van der Waals surface area contributed by atoms with Gasteiger partial charge in [-0.25, -0.2) is 0 Å². The van der Waals surface area contributed by atoms with E-state index in [1.54, 1.807) is 0 Å². The van der Waals surface area contributed by atoms with Crippen LogP contribution in [0.1, 0.15) is 58.3 Å². The summed E-state index contributed by atoms with van der Waals surface area (Å²) in [7, 11) is 0. The van der Waals surface area contributed by atoms with E-state index < -0.39 is 0 Å². The fourth-order valence-electron chi connectivity index (χ4n) is 3.13. The minimum Gasteiger partial charge on any atom is -0.393 e. The summed E-state index contributed by atoms with van der Waals surface area (Å²) in [6.45, 7) is 8.24. The van der Waals surface area contributed by atoms with Gasteiger partial charge in [0.1, 0.15) is 0 Å². The van der Waals surface area contributed by atoms with Crippen LogP contribution in [0.15, 0.2) is 6.07 Å². The molecule has 0 saturated heterocycles. The van der Waals surface area contributed by atoms with Gasteiger partial charge in [-0.1, -0.05) is 6.07 Å². The Morgan fingerprint density at radius 3 is 1.95 bits per heavy atom.